The fourth-order valence-electron chi connectivity index (χ4n) is 1.60. The van der Waals surface area contributed by atoms with Crippen LogP contribution in [0.3, 0.4) is 0 Å². The van der Waals surface area contributed by atoms with E-state index in [1.54, 1.807) is 27.0 Å². The number of hydrogen-bond donors (Lipinski definition) is 1. The number of methoxy groups -OCH3 is 1. The van der Waals surface area contributed by atoms with Gasteiger partial charge in [0.15, 0.2) is 6.79 Å². The molecule has 0 aliphatic carbocycles. The maximum absolute atomic E-state index is 9.84. The second kappa shape index (κ2) is 8.61. The van der Waals surface area contributed by atoms with Gasteiger partial charge in [0.1, 0.15) is 18.1 Å². The molecule has 4 heteroatoms. The van der Waals surface area contributed by atoms with E-state index in [4.69, 9.17) is 14.2 Å². The van der Waals surface area contributed by atoms with E-state index >= 15 is 0 Å². The third-order valence-corrected chi connectivity index (χ3v) is 2.73. The van der Waals surface area contributed by atoms with Crippen LogP contribution in [0.25, 0.3) is 6.08 Å². The molecule has 1 aromatic rings. The smallest absolute Gasteiger partial charge is 0.188 e. The van der Waals surface area contributed by atoms with Gasteiger partial charge in [-0.2, -0.15) is 0 Å². The first-order chi connectivity index (χ1) is 10.3. The van der Waals surface area contributed by atoms with Crippen LogP contribution in [0.1, 0.15) is 33.3 Å². The minimum atomic E-state index is -0.888. The first-order valence-electron chi connectivity index (χ1n) is 7.25. The molecule has 0 radical (unpaired) electrons. The van der Waals surface area contributed by atoms with E-state index in [9.17, 15) is 5.11 Å². The Hall–Kier alpha value is -1.78. The zero-order valence-electron chi connectivity index (χ0n) is 14.1. The number of allylic oxidation sites excluding steroid dienone is 1. The molecule has 0 aliphatic heterocycles. The molecular formula is C18H26O4. The molecule has 0 saturated carbocycles. The Morgan fingerprint density at radius 3 is 2.55 bits per heavy atom. The van der Waals surface area contributed by atoms with E-state index in [1.807, 2.05) is 44.2 Å². The van der Waals surface area contributed by atoms with Crippen molar-refractivity contribution in [3.8, 4) is 11.5 Å². The normalized spacial score (nSPS) is 11.5. The highest BCUT2D eigenvalue weighted by molar-refractivity contribution is 5.60. The van der Waals surface area contributed by atoms with E-state index < -0.39 is 5.60 Å². The summed E-state index contributed by atoms with van der Waals surface area (Å²) in [7, 11) is 1.58. The van der Waals surface area contributed by atoms with Gasteiger partial charge in [-0.05, 0) is 52.0 Å². The molecule has 22 heavy (non-hydrogen) atoms. The number of hydrogen-bond acceptors (Lipinski definition) is 4. The highest BCUT2D eigenvalue weighted by Gasteiger charge is 2.09. The largest absolute Gasteiger partial charge is 0.489 e. The van der Waals surface area contributed by atoms with Crippen molar-refractivity contribution in [3.63, 3.8) is 0 Å². The lowest BCUT2D eigenvalue weighted by Crippen LogP contribution is -2.13. The van der Waals surface area contributed by atoms with Gasteiger partial charge < -0.3 is 19.3 Å². The molecule has 0 unspecified atom stereocenters. The minimum absolute atomic E-state index is 0.187. The van der Waals surface area contributed by atoms with Crippen molar-refractivity contribution in [1.29, 1.82) is 0 Å². The van der Waals surface area contributed by atoms with E-state index in [2.05, 4.69) is 0 Å². The summed E-state index contributed by atoms with van der Waals surface area (Å²) in [6.45, 7) is 8.19. The predicted octanol–water partition coefficient (Wildman–Crippen LogP) is 3.80. The first kappa shape index (κ1) is 18.3. The van der Waals surface area contributed by atoms with Crippen molar-refractivity contribution < 1.29 is 19.3 Å². The maximum atomic E-state index is 9.84. The van der Waals surface area contributed by atoms with E-state index in [1.165, 1.54) is 5.57 Å². The molecule has 1 N–H and O–H groups in total. The molecular weight excluding hydrogens is 280 g/mol. The van der Waals surface area contributed by atoms with Crippen molar-refractivity contribution in [3.05, 3.63) is 41.5 Å². The summed E-state index contributed by atoms with van der Waals surface area (Å²) in [6.07, 6.45) is 5.56. The number of ether oxygens (including phenoxy) is 3. The van der Waals surface area contributed by atoms with Crippen LogP contribution in [-0.2, 0) is 4.74 Å². The molecule has 0 saturated heterocycles. The average Bonchev–Trinajstić information content (AvgIpc) is 2.43. The molecule has 122 valence electrons. The van der Waals surface area contributed by atoms with Crippen LogP contribution < -0.4 is 9.47 Å². The number of benzene rings is 1. The number of rotatable bonds is 8. The highest BCUT2D eigenvalue weighted by atomic mass is 16.7. The van der Waals surface area contributed by atoms with Crippen molar-refractivity contribution in [2.45, 2.75) is 33.3 Å². The lowest BCUT2D eigenvalue weighted by atomic mass is 10.1. The summed E-state index contributed by atoms with van der Waals surface area (Å²) in [5, 5.41) is 9.84. The van der Waals surface area contributed by atoms with Gasteiger partial charge in [-0.25, -0.2) is 0 Å². The van der Waals surface area contributed by atoms with Gasteiger partial charge in [0.2, 0.25) is 0 Å². The van der Waals surface area contributed by atoms with Crippen molar-refractivity contribution in [2.24, 2.45) is 0 Å². The highest BCUT2D eigenvalue weighted by Crippen LogP contribution is 2.26. The van der Waals surface area contributed by atoms with Crippen molar-refractivity contribution in [2.75, 3.05) is 20.5 Å². The lowest BCUT2D eigenvalue weighted by molar-refractivity contribution is 0.0510. The zero-order chi connectivity index (χ0) is 16.6. The third kappa shape index (κ3) is 7.29. The predicted molar refractivity (Wildman–Crippen MR) is 89.2 cm³/mol. The molecule has 1 aromatic carbocycles. The van der Waals surface area contributed by atoms with E-state index in [0.29, 0.717) is 12.4 Å². The van der Waals surface area contributed by atoms with Gasteiger partial charge in [-0.15, -0.1) is 0 Å². The van der Waals surface area contributed by atoms with Gasteiger partial charge >= 0.3 is 0 Å². The van der Waals surface area contributed by atoms with Gasteiger partial charge in [-0.1, -0.05) is 17.7 Å². The molecule has 0 aromatic heterocycles. The summed E-state index contributed by atoms with van der Waals surface area (Å²) in [6, 6.07) is 5.55. The van der Waals surface area contributed by atoms with Crippen LogP contribution in [0.4, 0.5) is 0 Å². The number of aliphatic hydroxyl groups is 1. The maximum Gasteiger partial charge on any atom is 0.188 e. The van der Waals surface area contributed by atoms with Gasteiger partial charge in [0, 0.05) is 12.7 Å². The molecule has 1 rings (SSSR count). The second-order valence-electron chi connectivity index (χ2n) is 5.83. The first-order valence-corrected chi connectivity index (χ1v) is 7.25. The standard InChI is InChI=1S/C18H26O4/c1-14(2)9-11-21-17-7-6-16(22-13-20-5)12-15(17)8-10-18(3,4)19/h6-10,12,19H,11,13H2,1-5H3/b10-8+. The second-order valence-corrected chi connectivity index (χ2v) is 5.83. The third-order valence-electron chi connectivity index (χ3n) is 2.73. The topological polar surface area (TPSA) is 47.9 Å². The van der Waals surface area contributed by atoms with Crippen LogP contribution in [0.15, 0.2) is 35.9 Å². The molecule has 4 nitrogen and oxygen atoms in total. The zero-order valence-corrected chi connectivity index (χ0v) is 14.1. The van der Waals surface area contributed by atoms with Crippen LogP contribution in [0, 0.1) is 0 Å². The summed E-state index contributed by atoms with van der Waals surface area (Å²) >= 11 is 0. The van der Waals surface area contributed by atoms with Crippen LogP contribution in [-0.4, -0.2) is 31.2 Å². The Labute approximate surface area is 133 Å². The Morgan fingerprint density at radius 1 is 1.23 bits per heavy atom. The van der Waals surface area contributed by atoms with E-state index in [0.717, 1.165) is 11.3 Å². The molecule has 0 heterocycles. The van der Waals surface area contributed by atoms with E-state index in [-0.39, 0.29) is 6.79 Å². The molecule has 0 atom stereocenters. The summed E-state index contributed by atoms with van der Waals surface area (Å²) in [4.78, 5) is 0. The van der Waals surface area contributed by atoms with Gasteiger partial charge in [-0.3, -0.25) is 0 Å². The SMILES string of the molecule is COCOc1ccc(OCC=C(C)C)c(/C=C/C(C)(C)O)c1. The average molecular weight is 306 g/mol. The summed E-state index contributed by atoms with van der Waals surface area (Å²) < 4.78 is 16.1. The Balaban J connectivity index is 2.97. The Kier molecular flexibility index (Phi) is 7.15. The molecule has 0 fully saturated rings. The molecule has 0 aliphatic rings. The minimum Gasteiger partial charge on any atom is -0.489 e. The van der Waals surface area contributed by atoms with Gasteiger partial charge in [0.25, 0.3) is 0 Å². The molecule has 0 amide bonds. The fraction of sp³-hybridized carbons (Fsp3) is 0.444. The molecule has 0 spiro atoms. The van der Waals surface area contributed by atoms with Crippen molar-refractivity contribution in [1.82, 2.24) is 0 Å². The monoisotopic (exact) mass is 306 g/mol. The Bertz CT molecular complexity index is 520. The lowest BCUT2D eigenvalue weighted by Gasteiger charge is -2.13. The van der Waals surface area contributed by atoms with Crippen LogP contribution in [0.5, 0.6) is 11.5 Å². The van der Waals surface area contributed by atoms with Crippen LogP contribution >= 0.6 is 0 Å². The fourth-order valence-corrected chi connectivity index (χ4v) is 1.60. The quantitative estimate of drug-likeness (QED) is 0.586. The van der Waals surface area contributed by atoms with Crippen LogP contribution in [0.2, 0.25) is 0 Å². The summed E-state index contributed by atoms with van der Waals surface area (Å²) in [5.74, 6) is 1.43. The molecule has 0 bridgehead atoms. The Morgan fingerprint density at radius 2 is 1.95 bits per heavy atom. The summed E-state index contributed by atoms with van der Waals surface area (Å²) in [5.41, 5.74) is 1.16. The van der Waals surface area contributed by atoms with Crippen molar-refractivity contribution >= 4 is 6.08 Å². The van der Waals surface area contributed by atoms with Gasteiger partial charge in [0.05, 0.1) is 5.60 Å².